The first kappa shape index (κ1) is 11.9. The summed E-state index contributed by atoms with van der Waals surface area (Å²) in [5, 5.41) is 3.05. The second-order valence-electron chi connectivity index (χ2n) is 6.04. The average molecular weight is 226 g/mol. The summed E-state index contributed by atoms with van der Waals surface area (Å²) in [7, 11) is 1.73. The molecule has 16 heavy (non-hydrogen) atoms. The first-order valence-corrected chi connectivity index (χ1v) is 5.90. The van der Waals surface area contributed by atoms with E-state index in [1.807, 2.05) is 0 Å². The van der Waals surface area contributed by atoms with Gasteiger partial charge in [-0.2, -0.15) is 0 Å². The summed E-state index contributed by atoms with van der Waals surface area (Å²) in [6.07, 6.45) is 2.49. The van der Waals surface area contributed by atoms with Gasteiger partial charge in [0.2, 0.25) is 5.91 Å². The monoisotopic (exact) mass is 226 g/mol. The van der Waals surface area contributed by atoms with Gasteiger partial charge in [0, 0.05) is 18.6 Å². The third kappa shape index (κ3) is 1.47. The van der Waals surface area contributed by atoms with Crippen molar-refractivity contribution >= 4 is 5.91 Å². The van der Waals surface area contributed by atoms with Gasteiger partial charge in [-0.1, -0.05) is 13.8 Å². The minimum atomic E-state index is -0.574. The quantitative estimate of drug-likeness (QED) is 0.748. The van der Waals surface area contributed by atoms with Crippen LogP contribution in [0.25, 0.3) is 0 Å². The highest BCUT2D eigenvalue weighted by atomic mass is 16.5. The fourth-order valence-corrected chi connectivity index (χ4v) is 2.39. The maximum atomic E-state index is 11.8. The summed E-state index contributed by atoms with van der Waals surface area (Å²) < 4.78 is 5.52. The van der Waals surface area contributed by atoms with E-state index >= 15 is 0 Å². The van der Waals surface area contributed by atoms with E-state index in [9.17, 15) is 4.79 Å². The Kier molecular flexibility index (Phi) is 2.37. The van der Waals surface area contributed by atoms with E-state index in [1.165, 1.54) is 0 Å². The van der Waals surface area contributed by atoms with Crippen molar-refractivity contribution in [2.45, 2.75) is 57.2 Å². The molecule has 0 aromatic carbocycles. The van der Waals surface area contributed by atoms with Crippen LogP contribution < -0.4 is 11.1 Å². The minimum absolute atomic E-state index is 0.00345. The summed E-state index contributed by atoms with van der Waals surface area (Å²) >= 11 is 0. The molecule has 0 bridgehead atoms. The van der Waals surface area contributed by atoms with Crippen LogP contribution in [0, 0.1) is 5.41 Å². The summed E-state index contributed by atoms with van der Waals surface area (Å²) in [5.74, 6) is 0.00345. The molecule has 2 unspecified atom stereocenters. The molecule has 92 valence electrons. The standard InChI is InChI=1S/C12H22N2O2/c1-10(2)8(7-11(10,3)16-4)14-9(15)12(13)5-6-12/h8H,5-7,13H2,1-4H3,(H,14,15). The zero-order chi connectivity index (χ0) is 12.2. The van der Waals surface area contributed by atoms with Gasteiger partial charge >= 0.3 is 0 Å². The van der Waals surface area contributed by atoms with Crippen molar-refractivity contribution in [2.24, 2.45) is 11.1 Å². The topological polar surface area (TPSA) is 64.3 Å². The molecule has 0 aliphatic heterocycles. The Morgan fingerprint density at radius 1 is 1.38 bits per heavy atom. The molecule has 0 aromatic heterocycles. The molecule has 4 nitrogen and oxygen atoms in total. The van der Waals surface area contributed by atoms with Crippen LogP contribution in [0.15, 0.2) is 0 Å². The normalized spacial score (nSPS) is 38.7. The van der Waals surface area contributed by atoms with E-state index in [-0.39, 0.29) is 23.0 Å². The maximum absolute atomic E-state index is 11.8. The van der Waals surface area contributed by atoms with Gasteiger partial charge in [-0.05, 0) is 26.2 Å². The number of rotatable bonds is 3. The van der Waals surface area contributed by atoms with Crippen molar-refractivity contribution in [1.29, 1.82) is 0 Å². The van der Waals surface area contributed by atoms with E-state index in [1.54, 1.807) is 7.11 Å². The highest BCUT2D eigenvalue weighted by Crippen LogP contribution is 2.51. The van der Waals surface area contributed by atoms with Crippen molar-refractivity contribution in [3.8, 4) is 0 Å². The lowest BCUT2D eigenvalue weighted by atomic mass is 9.55. The van der Waals surface area contributed by atoms with E-state index in [0.717, 1.165) is 19.3 Å². The minimum Gasteiger partial charge on any atom is -0.378 e. The van der Waals surface area contributed by atoms with Gasteiger partial charge in [0.05, 0.1) is 11.1 Å². The van der Waals surface area contributed by atoms with Crippen molar-refractivity contribution in [2.75, 3.05) is 7.11 Å². The van der Waals surface area contributed by atoms with Crippen LogP contribution in [0.3, 0.4) is 0 Å². The Labute approximate surface area is 96.9 Å². The number of hydrogen-bond acceptors (Lipinski definition) is 3. The molecule has 2 aliphatic rings. The first-order valence-electron chi connectivity index (χ1n) is 5.90. The third-order valence-corrected chi connectivity index (χ3v) is 4.82. The molecule has 2 atom stereocenters. The lowest BCUT2D eigenvalue weighted by molar-refractivity contribution is -0.182. The van der Waals surface area contributed by atoms with E-state index in [2.05, 4.69) is 26.1 Å². The third-order valence-electron chi connectivity index (χ3n) is 4.82. The lowest BCUT2D eigenvalue weighted by Crippen LogP contribution is -2.69. The molecule has 0 heterocycles. The Hall–Kier alpha value is -0.610. The average Bonchev–Trinajstić information content (AvgIpc) is 2.96. The molecule has 2 rings (SSSR count). The predicted octanol–water partition coefficient (Wildman–Crippen LogP) is 0.797. The van der Waals surface area contributed by atoms with Gasteiger partial charge in [-0.25, -0.2) is 0 Å². The van der Waals surface area contributed by atoms with Crippen LogP contribution in [0.2, 0.25) is 0 Å². The van der Waals surface area contributed by atoms with Crippen LogP contribution in [0.1, 0.15) is 40.0 Å². The summed E-state index contributed by atoms with van der Waals surface area (Å²) in [6.45, 7) is 6.34. The molecule has 2 fully saturated rings. The maximum Gasteiger partial charge on any atom is 0.240 e. The Morgan fingerprint density at radius 2 is 1.94 bits per heavy atom. The highest BCUT2D eigenvalue weighted by molar-refractivity contribution is 5.89. The van der Waals surface area contributed by atoms with Crippen LogP contribution in [-0.2, 0) is 9.53 Å². The van der Waals surface area contributed by atoms with Crippen LogP contribution in [-0.4, -0.2) is 30.2 Å². The molecular formula is C12H22N2O2. The molecule has 3 N–H and O–H groups in total. The van der Waals surface area contributed by atoms with Crippen molar-refractivity contribution in [3.63, 3.8) is 0 Å². The van der Waals surface area contributed by atoms with Crippen molar-refractivity contribution < 1.29 is 9.53 Å². The Morgan fingerprint density at radius 3 is 2.31 bits per heavy atom. The fraction of sp³-hybridized carbons (Fsp3) is 0.917. The van der Waals surface area contributed by atoms with E-state index < -0.39 is 5.54 Å². The molecule has 2 saturated carbocycles. The van der Waals surface area contributed by atoms with E-state index in [4.69, 9.17) is 10.5 Å². The number of hydrogen-bond donors (Lipinski definition) is 2. The molecule has 0 saturated heterocycles. The molecule has 0 aromatic rings. The van der Waals surface area contributed by atoms with Crippen LogP contribution in [0.4, 0.5) is 0 Å². The molecule has 1 amide bonds. The van der Waals surface area contributed by atoms with Gasteiger partial charge in [0.1, 0.15) is 0 Å². The molecule has 2 aliphatic carbocycles. The number of ether oxygens (including phenoxy) is 1. The van der Waals surface area contributed by atoms with Gasteiger partial charge in [0.15, 0.2) is 0 Å². The SMILES string of the molecule is COC1(C)CC(NC(=O)C2(N)CC2)C1(C)C. The van der Waals surface area contributed by atoms with Gasteiger partial charge in [0.25, 0.3) is 0 Å². The number of amides is 1. The number of carbonyl (C=O) groups excluding carboxylic acids is 1. The smallest absolute Gasteiger partial charge is 0.240 e. The number of carbonyl (C=O) groups is 1. The largest absolute Gasteiger partial charge is 0.378 e. The zero-order valence-electron chi connectivity index (χ0n) is 10.6. The summed E-state index contributed by atoms with van der Waals surface area (Å²) in [6, 6.07) is 0.172. The van der Waals surface area contributed by atoms with Gasteiger partial charge in [-0.3, -0.25) is 4.79 Å². The van der Waals surface area contributed by atoms with Crippen LogP contribution in [0.5, 0.6) is 0 Å². The summed E-state index contributed by atoms with van der Waals surface area (Å²) in [4.78, 5) is 11.8. The van der Waals surface area contributed by atoms with Crippen molar-refractivity contribution in [3.05, 3.63) is 0 Å². The Balaban J connectivity index is 1.97. The predicted molar refractivity (Wildman–Crippen MR) is 61.9 cm³/mol. The van der Waals surface area contributed by atoms with Crippen LogP contribution >= 0.6 is 0 Å². The first-order chi connectivity index (χ1) is 7.25. The lowest BCUT2D eigenvalue weighted by Gasteiger charge is -2.59. The molecule has 0 spiro atoms. The summed E-state index contributed by atoms with van der Waals surface area (Å²) in [5.41, 5.74) is 5.11. The second-order valence-corrected chi connectivity index (χ2v) is 6.04. The van der Waals surface area contributed by atoms with Crippen molar-refractivity contribution in [1.82, 2.24) is 5.32 Å². The molecule has 0 radical (unpaired) electrons. The number of nitrogens with one attached hydrogen (secondary N) is 1. The van der Waals surface area contributed by atoms with E-state index in [0.29, 0.717) is 0 Å². The van der Waals surface area contributed by atoms with Gasteiger partial charge < -0.3 is 15.8 Å². The Bertz CT molecular complexity index is 323. The molecule has 4 heteroatoms. The number of methoxy groups -OCH3 is 1. The molecular weight excluding hydrogens is 204 g/mol. The highest BCUT2D eigenvalue weighted by Gasteiger charge is 2.59. The number of nitrogens with two attached hydrogens (primary N) is 1. The van der Waals surface area contributed by atoms with Gasteiger partial charge in [-0.15, -0.1) is 0 Å². The fourth-order valence-electron chi connectivity index (χ4n) is 2.39. The zero-order valence-corrected chi connectivity index (χ0v) is 10.6. The second kappa shape index (κ2) is 3.20.